The topological polar surface area (TPSA) is 60.2 Å². The highest BCUT2D eigenvalue weighted by atomic mass is 35.5. The maximum atomic E-state index is 10.9. The second-order valence-corrected chi connectivity index (χ2v) is 3.60. The molecule has 0 atom stereocenters. The number of fused-ring (bicyclic) bond motifs is 1. The van der Waals surface area contributed by atoms with Gasteiger partial charge in [0.2, 0.25) is 0 Å². The predicted octanol–water partition coefficient (Wildman–Crippen LogP) is 3.21. The van der Waals surface area contributed by atoms with Crippen molar-refractivity contribution in [1.29, 1.82) is 0 Å². The lowest BCUT2D eigenvalue weighted by Crippen LogP contribution is -1.94. The average molecular weight is 236 g/mol. The van der Waals surface area contributed by atoms with Crippen LogP contribution < -0.4 is 0 Å². The van der Waals surface area contributed by atoms with Crippen LogP contribution in [0.5, 0.6) is 0 Å². The van der Waals surface area contributed by atoms with Gasteiger partial charge in [-0.2, -0.15) is 0 Å². The maximum Gasteiger partial charge on any atom is 0.296 e. The number of aldehydes is 1. The van der Waals surface area contributed by atoms with Gasteiger partial charge in [-0.15, -0.1) is 0 Å². The summed E-state index contributed by atoms with van der Waals surface area (Å²) in [7, 11) is 0. The molecule has 0 aromatic heterocycles. The van der Waals surface area contributed by atoms with Crippen LogP contribution in [0.25, 0.3) is 10.8 Å². The first-order valence-electron chi connectivity index (χ1n) is 4.46. The van der Waals surface area contributed by atoms with Crippen molar-refractivity contribution in [3.63, 3.8) is 0 Å². The molecular formula is C11H6ClNO3. The van der Waals surface area contributed by atoms with Crippen LogP contribution in [0.4, 0.5) is 5.69 Å². The molecule has 0 fully saturated rings. The van der Waals surface area contributed by atoms with Gasteiger partial charge in [0.25, 0.3) is 5.69 Å². The Labute approximate surface area is 95.6 Å². The Hall–Kier alpha value is -1.94. The van der Waals surface area contributed by atoms with Gasteiger partial charge < -0.3 is 0 Å². The third-order valence-electron chi connectivity index (χ3n) is 2.30. The minimum Gasteiger partial charge on any atom is -0.298 e. The zero-order valence-corrected chi connectivity index (χ0v) is 8.77. The normalized spacial score (nSPS) is 10.3. The van der Waals surface area contributed by atoms with E-state index in [0.717, 1.165) is 0 Å². The molecule has 80 valence electrons. The molecular weight excluding hydrogens is 230 g/mol. The summed E-state index contributed by atoms with van der Waals surface area (Å²) in [4.78, 5) is 21.1. The number of nitrogens with zero attached hydrogens (tertiary/aromatic N) is 1. The van der Waals surface area contributed by atoms with Crippen LogP contribution in [-0.4, -0.2) is 11.2 Å². The minimum atomic E-state index is -0.572. The number of benzene rings is 2. The summed E-state index contributed by atoms with van der Waals surface area (Å²) in [5.74, 6) is 0. The van der Waals surface area contributed by atoms with Crippen molar-refractivity contribution in [2.24, 2.45) is 0 Å². The Balaban J connectivity index is 2.96. The number of hydrogen-bond acceptors (Lipinski definition) is 3. The van der Waals surface area contributed by atoms with E-state index < -0.39 is 4.92 Å². The van der Waals surface area contributed by atoms with Crippen molar-refractivity contribution in [3.8, 4) is 0 Å². The molecule has 0 saturated carbocycles. The van der Waals surface area contributed by atoms with Gasteiger partial charge in [0.15, 0.2) is 6.29 Å². The zero-order valence-electron chi connectivity index (χ0n) is 8.01. The summed E-state index contributed by atoms with van der Waals surface area (Å²) in [6, 6.07) is 8.28. The van der Waals surface area contributed by atoms with E-state index in [1.165, 1.54) is 6.07 Å². The van der Waals surface area contributed by atoms with Crippen LogP contribution in [0.3, 0.4) is 0 Å². The number of rotatable bonds is 2. The second kappa shape index (κ2) is 3.90. The number of carbonyl (C=O) groups is 1. The van der Waals surface area contributed by atoms with E-state index in [4.69, 9.17) is 11.6 Å². The van der Waals surface area contributed by atoms with Crippen LogP contribution in [0.1, 0.15) is 10.4 Å². The predicted molar refractivity (Wildman–Crippen MR) is 61.0 cm³/mol. The lowest BCUT2D eigenvalue weighted by atomic mass is 10.1. The highest BCUT2D eigenvalue weighted by molar-refractivity contribution is 6.36. The first-order valence-corrected chi connectivity index (χ1v) is 4.83. The Morgan fingerprint density at radius 3 is 2.62 bits per heavy atom. The van der Waals surface area contributed by atoms with Crippen LogP contribution in [0.2, 0.25) is 5.02 Å². The molecule has 0 N–H and O–H groups in total. The molecule has 0 unspecified atom stereocenters. The molecule has 0 saturated heterocycles. The minimum absolute atomic E-state index is 0.112. The molecule has 0 aliphatic heterocycles. The quantitative estimate of drug-likeness (QED) is 0.456. The summed E-state index contributed by atoms with van der Waals surface area (Å²) in [6.45, 7) is 0. The molecule has 0 aliphatic carbocycles. The number of nitro benzene ring substituents is 1. The highest BCUT2D eigenvalue weighted by Crippen LogP contribution is 2.35. The molecule has 2 aromatic rings. The molecule has 2 aromatic carbocycles. The number of carbonyl (C=O) groups excluding carboxylic acids is 1. The Morgan fingerprint density at radius 1 is 1.31 bits per heavy atom. The van der Waals surface area contributed by atoms with Crippen LogP contribution >= 0.6 is 11.6 Å². The first kappa shape index (κ1) is 10.6. The van der Waals surface area contributed by atoms with Gasteiger partial charge in [-0.3, -0.25) is 14.9 Å². The van der Waals surface area contributed by atoms with Gasteiger partial charge in [0.1, 0.15) is 5.02 Å². The molecule has 5 heteroatoms. The summed E-state index contributed by atoms with van der Waals surface area (Å²) in [5.41, 5.74) is -0.0890. The van der Waals surface area contributed by atoms with E-state index in [2.05, 4.69) is 0 Å². The van der Waals surface area contributed by atoms with Crippen molar-refractivity contribution < 1.29 is 9.72 Å². The monoisotopic (exact) mass is 235 g/mol. The van der Waals surface area contributed by atoms with E-state index in [9.17, 15) is 14.9 Å². The third-order valence-corrected chi connectivity index (χ3v) is 2.70. The third kappa shape index (κ3) is 1.53. The van der Waals surface area contributed by atoms with Crippen LogP contribution in [0, 0.1) is 10.1 Å². The fraction of sp³-hybridized carbons (Fsp3) is 0. The standard InChI is InChI=1S/C11H6ClNO3/c12-10-8(6-14)5-7-3-1-2-4-9(7)11(10)13(15)16/h1-6H. The lowest BCUT2D eigenvalue weighted by molar-refractivity contribution is -0.382. The Morgan fingerprint density at radius 2 is 2.00 bits per heavy atom. The molecule has 2 rings (SSSR count). The number of nitro groups is 1. The number of hydrogen-bond donors (Lipinski definition) is 0. The molecule has 0 bridgehead atoms. The largest absolute Gasteiger partial charge is 0.298 e. The van der Waals surface area contributed by atoms with E-state index in [-0.39, 0.29) is 16.3 Å². The van der Waals surface area contributed by atoms with Gasteiger partial charge in [-0.25, -0.2) is 0 Å². The van der Waals surface area contributed by atoms with E-state index >= 15 is 0 Å². The fourth-order valence-corrected chi connectivity index (χ4v) is 1.86. The molecule has 4 nitrogen and oxygen atoms in total. The van der Waals surface area contributed by atoms with E-state index in [1.54, 1.807) is 24.3 Å². The van der Waals surface area contributed by atoms with E-state index in [0.29, 0.717) is 17.1 Å². The Bertz CT molecular complexity index is 595. The van der Waals surface area contributed by atoms with Crippen molar-refractivity contribution in [3.05, 3.63) is 51.0 Å². The molecule has 0 spiro atoms. The second-order valence-electron chi connectivity index (χ2n) is 3.22. The van der Waals surface area contributed by atoms with Gasteiger partial charge in [0.05, 0.1) is 10.3 Å². The summed E-state index contributed by atoms with van der Waals surface area (Å²) in [5, 5.41) is 11.9. The van der Waals surface area contributed by atoms with Crippen molar-refractivity contribution >= 4 is 34.3 Å². The zero-order chi connectivity index (χ0) is 11.7. The molecule has 0 heterocycles. The maximum absolute atomic E-state index is 10.9. The molecule has 0 radical (unpaired) electrons. The van der Waals surface area contributed by atoms with Crippen LogP contribution in [-0.2, 0) is 0 Å². The summed E-state index contributed by atoms with van der Waals surface area (Å²) < 4.78 is 0. The average Bonchev–Trinajstić information content (AvgIpc) is 2.27. The lowest BCUT2D eigenvalue weighted by Gasteiger charge is -2.03. The summed E-state index contributed by atoms with van der Waals surface area (Å²) >= 11 is 5.81. The van der Waals surface area contributed by atoms with Crippen molar-refractivity contribution in [1.82, 2.24) is 0 Å². The fourth-order valence-electron chi connectivity index (χ4n) is 1.59. The van der Waals surface area contributed by atoms with Crippen LogP contribution in [0.15, 0.2) is 30.3 Å². The smallest absolute Gasteiger partial charge is 0.296 e. The highest BCUT2D eigenvalue weighted by Gasteiger charge is 2.20. The van der Waals surface area contributed by atoms with Gasteiger partial charge in [-0.05, 0) is 17.5 Å². The molecule has 0 aliphatic rings. The van der Waals surface area contributed by atoms with Gasteiger partial charge >= 0.3 is 0 Å². The van der Waals surface area contributed by atoms with Gasteiger partial charge in [-0.1, -0.05) is 29.8 Å². The molecule has 16 heavy (non-hydrogen) atoms. The van der Waals surface area contributed by atoms with E-state index in [1.807, 2.05) is 0 Å². The summed E-state index contributed by atoms with van der Waals surface area (Å²) in [6.07, 6.45) is 0.516. The first-order chi connectivity index (χ1) is 7.65. The van der Waals surface area contributed by atoms with Crippen molar-refractivity contribution in [2.45, 2.75) is 0 Å². The van der Waals surface area contributed by atoms with Gasteiger partial charge in [0, 0.05) is 5.56 Å². The Kier molecular flexibility index (Phi) is 2.58. The van der Waals surface area contributed by atoms with Crippen molar-refractivity contribution in [2.75, 3.05) is 0 Å². The SMILES string of the molecule is O=Cc1cc2ccccc2c([N+](=O)[O-])c1Cl. The molecule has 0 amide bonds. The number of halogens is 1.